The van der Waals surface area contributed by atoms with E-state index in [4.69, 9.17) is 5.73 Å². The largest absolute Gasteiger partial charge is 0.339 e. The van der Waals surface area contributed by atoms with Crippen LogP contribution in [0.1, 0.15) is 12.0 Å². The number of nitrogens with zero attached hydrogens (tertiary/aromatic N) is 2. The van der Waals surface area contributed by atoms with Crippen LogP contribution in [0.15, 0.2) is 24.3 Å². The van der Waals surface area contributed by atoms with E-state index in [2.05, 4.69) is 0 Å². The highest BCUT2D eigenvalue weighted by Gasteiger charge is 2.24. The minimum atomic E-state index is -0.359. The molecule has 2 N–H and O–H groups in total. The fourth-order valence-corrected chi connectivity index (χ4v) is 2.40. The lowest BCUT2D eigenvalue weighted by atomic mass is 10.1. The third kappa shape index (κ3) is 4.01. The van der Waals surface area contributed by atoms with Crippen molar-refractivity contribution >= 4 is 11.8 Å². The van der Waals surface area contributed by atoms with Crippen molar-refractivity contribution in [1.29, 1.82) is 0 Å². The summed E-state index contributed by atoms with van der Waals surface area (Å²) >= 11 is 0. The van der Waals surface area contributed by atoms with Crippen LogP contribution in [0, 0.1) is 5.82 Å². The molecule has 1 aromatic rings. The zero-order chi connectivity index (χ0) is 15.2. The molecule has 114 valence electrons. The molecule has 0 radical (unpaired) electrons. The van der Waals surface area contributed by atoms with E-state index in [0.29, 0.717) is 44.7 Å². The zero-order valence-electron chi connectivity index (χ0n) is 11.9. The normalized spacial score (nSPS) is 15.1. The summed E-state index contributed by atoms with van der Waals surface area (Å²) in [5.41, 5.74) is 5.77. The first kappa shape index (κ1) is 15.4. The van der Waals surface area contributed by atoms with Crippen LogP contribution in [-0.4, -0.2) is 54.3 Å². The maximum Gasteiger partial charge on any atom is 0.227 e. The lowest BCUT2D eigenvalue weighted by molar-refractivity contribution is -0.139. The van der Waals surface area contributed by atoms with E-state index in [0.717, 1.165) is 0 Å². The number of nitrogens with two attached hydrogens (primary N) is 1. The Bertz CT molecular complexity index is 513. The van der Waals surface area contributed by atoms with E-state index in [1.165, 1.54) is 6.07 Å². The van der Waals surface area contributed by atoms with Gasteiger partial charge in [0.2, 0.25) is 11.8 Å². The van der Waals surface area contributed by atoms with E-state index in [-0.39, 0.29) is 24.1 Å². The highest BCUT2D eigenvalue weighted by Crippen LogP contribution is 2.11. The van der Waals surface area contributed by atoms with Gasteiger partial charge in [0.1, 0.15) is 5.82 Å². The molecule has 2 amide bonds. The SMILES string of the molecule is NCCC(=O)N1CCN(C(=O)Cc2ccccc2F)CC1. The van der Waals surface area contributed by atoms with Crippen LogP contribution in [-0.2, 0) is 16.0 Å². The maximum atomic E-state index is 13.5. The Balaban J connectivity index is 1.86. The van der Waals surface area contributed by atoms with Gasteiger partial charge in [0.15, 0.2) is 0 Å². The van der Waals surface area contributed by atoms with Crippen molar-refractivity contribution in [3.8, 4) is 0 Å². The molecule has 0 atom stereocenters. The van der Waals surface area contributed by atoms with Crippen LogP contribution in [0.25, 0.3) is 0 Å². The molecule has 1 aromatic carbocycles. The minimum absolute atomic E-state index is 0.0266. The molecule has 6 heteroatoms. The average Bonchev–Trinajstić information content (AvgIpc) is 2.50. The summed E-state index contributed by atoms with van der Waals surface area (Å²) in [7, 11) is 0. The van der Waals surface area contributed by atoms with Gasteiger partial charge < -0.3 is 15.5 Å². The van der Waals surface area contributed by atoms with Crippen molar-refractivity contribution in [3.63, 3.8) is 0 Å². The summed E-state index contributed by atoms with van der Waals surface area (Å²) in [6.45, 7) is 2.35. The molecule has 0 unspecified atom stereocenters. The van der Waals surface area contributed by atoms with Gasteiger partial charge in [-0.15, -0.1) is 0 Å². The monoisotopic (exact) mass is 293 g/mol. The lowest BCUT2D eigenvalue weighted by Crippen LogP contribution is -2.51. The summed E-state index contributed by atoms with van der Waals surface area (Å²) in [6.07, 6.45) is 0.395. The first-order valence-electron chi connectivity index (χ1n) is 7.11. The Morgan fingerprint density at radius 2 is 1.62 bits per heavy atom. The molecule has 5 nitrogen and oxygen atoms in total. The molecule has 1 heterocycles. The van der Waals surface area contributed by atoms with Crippen molar-refractivity contribution in [2.75, 3.05) is 32.7 Å². The van der Waals surface area contributed by atoms with Crippen LogP contribution in [0.2, 0.25) is 0 Å². The fraction of sp³-hybridized carbons (Fsp3) is 0.467. The Morgan fingerprint density at radius 3 is 2.19 bits per heavy atom. The lowest BCUT2D eigenvalue weighted by Gasteiger charge is -2.35. The molecule has 0 bridgehead atoms. The number of carbonyl (C=O) groups is 2. The number of hydrogen-bond donors (Lipinski definition) is 1. The quantitative estimate of drug-likeness (QED) is 0.873. The summed E-state index contributed by atoms with van der Waals surface area (Å²) in [5.74, 6) is -0.438. The van der Waals surface area contributed by atoms with Crippen LogP contribution >= 0.6 is 0 Å². The van der Waals surface area contributed by atoms with Gasteiger partial charge in [-0.25, -0.2) is 4.39 Å². The third-order valence-electron chi connectivity index (χ3n) is 3.64. The molecule has 1 fully saturated rings. The van der Waals surface area contributed by atoms with Crippen molar-refractivity contribution in [2.24, 2.45) is 5.73 Å². The first-order valence-corrected chi connectivity index (χ1v) is 7.11. The maximum absolute atomic E-state index is 13.5. The zero-order valence-corrected chi connectivity index (χ0v) is 11.9. The highest BCUT2D eigenvalue weighted by atomic mass is 19.1. The number of hydrogen-bond acceptors (Lipinski definition) is 3. The third-order valence-corrected chi connectivity index (χ3v) is 3.64. The Labute approximate surface area is 123 Å². The fourth-order valence-electron chi connectivity index (χ4n) is 2.40. The van der Waals surface area contributed by atoms with E-state index >= 15 is 0 Å². The first-order chi connectivity index (χ1) is 10.1. The second-order valence-electron chi connectivity index (χ2n) is 5.07. The predicted octanol–water partition coefficient (Wildman–Crippen LogP) is 0.388. The number of halogens is 1. The van der Waals surface area contributed by atoms with E-state index in [1.807, 2.05) is 0 Å². The predicted molar refractivity (Wildman–Crippen MR) is 76.9 cm³/mol. The van der Waals surface area contributed by atoms with Crippen LogP contribution in [0.4, 0.5) is 4.39 Å². The van der Waals surface area contributed by atoms with E-state index in [9.17, 15) is 14.0 Å². The molecular formula is C15H20FN3O2. The van der Waals surface area contributed by atoms with E-state index < -0.39 is 0 Å². The highest BCUT2D eigenvalue weighted by molar-refractivity contribution is 5.80. The van der Waals surface area contributed by atoms with Gasteiger partial charge in [-0.2, -0.15) is 0 Å². The standard InChI is InChI=1S/C15H20FN3O2/c16-13-4-2-1-3-12(13)11-15(21)19-9-7-18(8-10-19)14(20)5-6-17/h1-4H,5-11,17H2. The Kier molecular flexibility index (Phi) is 5.27. The van der Waals surface area contributed by atoms with Gasteiger partial charge in [-0.1, -0.05) is 18.2 Å². The molecule has 2 rings (SSSR count). The summed E-state index contributed by atoms with van der Waals surface area (Å²) < 4.78 is 13.5. The van der Waals surface area contributed by atoms with Gasteiger partial charge in [0.05, 0.1) is 6.42 Å². The summed E-state index contributed by atoms with van der Waals surface area (Å²) in [5, 5.41) is 0. The Hall–Kier alpha value is -1.95. The number of amides is 2. The van der Waals surface area contributed by atoms with Crippen molar-refractivity contribution in [1.82, 2.24) is 9.80 Å². The minimum Gasteiger partial charge on any atom is -0.339 e. The second kappa shape index (κ2) is 7.17. The number of piperazine rings is 1. The van der Waals surface area contributed by atoms with Crippen molar-refractivity contribution < 1.29 is 14.0 Å². The van der Waals surface area contributed by atoms with Gasteiger partial charge in [0.25, 0.3) is 0 Å². The molecule has 21 heavy (non-hydrogen) atoms. The summed E-state index contributed by atoms with van der Waals surface area (Å²) in [4.78, 5) is 27.3. The molecule has 1 saturated heterocycles. The molecular weight excluding hydrogens is 273 g/mol. The topological polar surface area (TPSA) is 66.6 Å². The average molecular weight is 293 g/mol. The smallest absolute Gasteiger partial charge is 0.227 e. The molecule has 0 aromatic heterocycles. The van der Waals surface area contributed by atoms with Crippen LogP contribution < -0.4 is 5.73 Å². The van der Waals surface area contributed by atoms with Crippen LogP contribution in [0.5, 0.6) is 0 Å². The van der Waals surface area contributed by atoms with Gasteiger partial charge in [0, 0.05) is 39.1 Å². The summed E-state index contributed by atoms with van der Waals surface area (Å²) in [6, 6.07) is 6.29. The second-order valence-corrected chi connectivity index (χ2v) is 5.07. The molecule has 0 aliphatic carbocycles. The van der Waals surface area contributed by atoms with Gasteiger partial charge in [-0.05, 0) is 11.6 Å². The van der Waals surface area contributed by atoms with Crippen molar-refractivity contribution in [3.05, 3.63) is 35.6 Å². The molecule has 1 aliphatic heterocycles. The van der Waals surface area contributed by atoms with Gasteiger partial charge in [-0.3, -0.25) is 9.59 Å². The molecule has 1 aliphatic rings. The van der Waals surface area contributed by atoms with Crippen LogP contribution in [0.3, 0.4) is 0 Å². The molecule has 0 spiro atoms. The van der Waals surface area contributed by atoms with Gasteiger partial charge >= 0.3 is 0 Å². The molecule has 0 saturated carbocycles. The van der Waals surface area contributed by atoms with Crippen molar-refractivity contribution in [2.45, 2.75) is 12.8 Å². The number of benzene rings is 1. The Morgan fingerprint density at radius 1 is 1.05 bits per heavy atom. The van der Waals surface area contributed by atoms with E-state index in [1.54, 1.807) is 28.0 Å². The number of carbonyl (C=O) groups excluding carboxylic acids is 2. The number of rotatable bonds is 4.